The summed E-state index contributed by atoms with van der Waals surface area (Å²) in [6, 6.07) is 14.3. The average molecular weight is 368 g/mol. The fourth-order valence-electron chi connectivity index (χ4n) is 3.66. The second-order valence-electron chi connectivity index (χ2n) is 7.53. The molecule has 4 heteroatoms. The average Bonchev–Trinajstić information content (AvgIpc) is 2.69. The summed E-state index contributed by atoms with van der Waals surface area (Å²) in [5, 5.41) is 0. The summed E-state index contributed by atoms with van der Waals surface area (Å²) in [6.07, 6.45) is 3.56. The predicted molar refractivity (Wildman–Crippen MR) is 115 cm³/mol. The third-order valence-electron chi connectivity index (χ3n) is 5.56. The van der Waals surface area contributed by atoms with E-state index in [9.17, 15) is 0 Å². The number of ether oxygens (including phenoxy) is 1. The monoisotopic (exact) mass is 367 g/mol. The zero-order valence-corrected chi connectivity index (χ0v) is 16.8. The minimum Gasteiger partial charge on any atom is -0.494 e. The van der Waals surface area contributed by atoms with Crippen LogP contribution in [0.3, 0.4) is 0 Å². The first-order chi connectivity index (χ1) is 13.1. The summed E-state index contributed by atoms with van der Waals surface area (Å²) in [5.41, 5.74) is 10.7. The quantitative estimate of drug-likeness (QED) is 0.559. The van der Waals surface area contributed by atoms with Crippen molar-refractivity contribution in [1.29, 1.82) is 0 Å². The van der Waals surface area contributed by atoms with E-state index in [0.29, 0.717) is 0 Å². The third-order valence-corrected chi connectivity index (χ3v) is 5.56. The SMILES string of the molecule is Cc1cccc(N2CCN(CCCCCOc3ccc(N)cc3)CC2)c1C. The van der Waals surface area contributed by atoms with E-state index < -0.39 is 0 Å². The normalized spacial score (nSPS) is 15.1. The lowest BCUT2D eigenvalue weighted by atomic mass is 10.1. The lowest BCUT2D eigenvalue weighted by Crippen LogP contribution is -2.46. The van der Waals surface area contributed by atoms with Crippen molar-refractivity contribution in [2.75, 3.05) is 50.0 Å². The first-order valence-electron chi connectivity index (χ1n) is 10.2. The van der Waals surface area contributed by atoms with Crippen molar-refractivity contribution in [2.24, 2.45) is 0 Å². The van der Waals surface area contributed by atoms with Gasteiger partial charge in [-0.15, -0.1) is 0 Å². The first-order valence-corrected chi connectivity index (χ1v) is 10.2. The van der Waals surface area contributed by atoms with E-state index >= 15 is 0 Å². The van der Waals surface area contributed by atoms with Gasteiger partial charge < -0.3 is 15.4 Å². The molecule has 2 N–H and O–H groups in total. The molecule has 4 nitrogen and oxygen atoms in total. The lowest BCUT2D eigenvalue weighted by molar-refractivity contribution is 0.246. The Labute approximate surface area is 163 Å². The second-order valence-corrected chi connectivity index (χ2v) is 7.53. The Morgan fingerprint density at radius 3 is 2.37 bits per heavy atom. The number of benzene rings is 2. The van der Waals surface area contributed by atoms with Crippen molar-refractivity contribution in [3.63, 3.8) is 0 Å². The van der Waals surface area contributed by atoms with Crippen LogP contribution in [0.25, 0.3) is 0 Å². The van der Waals surface area contributed by atoms with Crippen molar-refractivity contribution in [2.45, 2.75) is 33.1 Å². The maximum Gasteiger partial charge on any atom is 0.119 e. The van der Waals surface area contributed by atoms with Crippen molar-refractivity contribution in [3.05, 3.63) is 53.6 Å². The van der Waals surface area contributed by atoms with E-state index in [4.69, 9.17) is 10.5 Å². The van der Waals surface area contributed by atoms with Crippen molar-refractivity contribution in [1.82, 2.24) is 4.90 Å². The largest absolute Gasteiger partial charge is 0.494 e. The number of nitrogen functional groups attached to an aromatic ring is 1. The Bertz CT molecular complexity index is 706. The van der Waals surface area contributed by atoms with Crippen LogP contribution < -0.4 is 15.4 Å². The van der Waals surface area contributed by atoms with Crippen molar-refractivity contribution >= 4 is 11.4 Å². The number of unbranched alkanes of at least 4 members (excludes halogenated alkanes) is 2. The second kappa shape index (κ2) is 9.65. The zero-order chi connectivity index (χ0) is 19.1. The number of rotatable bonds is 8. The standard InChI is InChI=1S/C23H33N3O/c1-19-7-6-8-23(20(19)2)26-16-14-25(15-17-26)13-4-3-5-18-27-22-11-9-21(24)10-12-22/h6-12H,3-5,13-18,24H2,1-2H3. The molecule has 1 aliphatic rings. The molecule has 0 radical (unpaired) electrons. The van der Waals surface area contributed by atoms with Gasteiger partial charge in [-0.2, -0.15) is 0 Å². The number of nitrogens with two attached hydrogens (primary N) is 1. The molecule has 0 unspecified atom stereocenters. The van der Waals surface area contributed by atoms with Gasteiger partial charge in [0.25, 0.3) is 0 Å². The van der Waals surface area contributed by atoms with Gasteiger partial charge in [0.05, 0.1) is 6.61 Å². The van der Waals surface area contributed by atoms with Crippen LogP contribution in [-0.2, 0) is 0 Å². The Kier molecular flexibility index (Phi) is 6.99. The zero-order valence-electron chi connectivity index (χ0n) is 16.8. The summed E-state index contributed by atoms with van der Waals surface area (Å²) < 4.78 is 5.76. The van der Waals surface area contributed by atoms with E-state index in [1.807, 2.05) is 24.3 Å². The highest BCUT2D eigenvalue weighted by Gasteiger charge is 2.18. The molecule has 0 aliphatic carbocycles. The van der Waals surface area contributed by atoms with Crippen LogP contribution in [0.4, 0.5) is 11.4 Å². The molecule has 2 aromatic carbocycles. The van der Waals surface area contributed by atoms with Crippen LogP contribution >= 0.6 is 0 Å². The van der Waals surface area contributed by atoms with Gasteiger partial charge in [-0.3, -0.25) is 4.90 Å². The topological polar surface area (TPSA) is 41.7 Å². The molecule has 0 aromatic heterocycles. The molecule has 1 fully saturated rings. The van der Waals surface area contributed by atoms with Crippen LogP contribution in [0.5, 0.6) is 5.75 Å². The van der Waals surface area contributed by atoms with Crippen LogP contribution in [-0.4, -0.2) is 44.2 Å². The van der Waals surface area contributed by atoms with Crippen LogP contribution in [0.2, 0.25) is 0 Å². The van der Waals surface area contributed by atoms with Gasteiger partial charge in [-0.25, -0.2) is 0 Å². The van der Waals surface area contributed by atoms with Crippen LogP contribution in [0, 0.1) is 13.8 Å². The predicted octanol–water partition coefficient (Wildman–Crippen LogP) is 4.26. The molecule has 27 heavy (non-hydrogen) atoms. The van der Waals surface area contributed by atoms with Gasteiger partial charge in [0, 0.05) is 37.6 Å². The Balaban J connectivity index is 1.29. The Morgan fingerprint density at radius 2 is 1.63 bits per heavy atom. The Hall–Kier alpha value is -2.20. The van der Waals surface area contributed by atoms with Gasteiger partial charge in [0.2, 0.25) is 0 Å². The Morgan fingerprint density at radius 1 is 0.889 bits per heavy atom. The number of hydrogen-bond donors (Lipinski definition) is 1. The van der Waals surface area contributed by atoms with Crippen molar-refractivity contribution in [3.8, 4) is 5.75 Å². The number of nitrogens with zero attached hydrogens (tertiary/aromatic N) is 2. The summed E-state index contributed by atoms with van der Waals surface area (Å²) in [7, 11) is 0. The molecule has 0 saturated carbocycles. The van der Waals surface area contributed by atoms with Crippen LogP contribution in [0.15, 0.2) is 42.5 Å². The summed E-state index contributed by atoms with van der Waals surface area (Å²) in [6.45, 7) is 11.0. The minimum atomic E-state index is 0.778. The first kappa shape index (κ1) is 19.6. The molecule has 146 valence electrons. The third kappa shape index (κ3) is 5.64. The van der Waals surface area contributed by atoms with Gasteiger partial charge in [-0.05, 0) is 81.1 Å². The number of piperazine rings is 1. The molecule has 0 amide bonds. The van der Waals surface area contributed by atoms with Gasteiger partial charge in [-0.1, -0.05) is 12.1 Å². The number of anilines is 2. The molecule has 1 saturated heterocycles. The highest BCUT2D eigenvalue weighted by molar-refractivity contribution is 5.56. The van der Waals surface area contributed by atoms with Crippen LogP contribution in [0.1, 0.15) is 30.4 Å². The number of aryl methyl sites for hydroxylation is 1. The van der Waals surface area contributed by atoms with E-state index in [2.05, 4.69) is 41.8 Å². The molecular weight excluding hydrogens is 334 g/mol. The summed E-state index contributed by atoms with van der Waals surface area (Å²) >= 11 is 0. The van der Waals surface area contributed by atoms with E-state index in [1.54, 1.807) is 0 Å². The molecule has 1 aliphatic heterocycles. The minimum absolute atomic E-state index is 0.778. The molecular formula is C23H33N3O. The van der Waals surface area contributed by atoms with E-state index in [0.717, 1.165) is 50.6 Å². The highest BCUT2D eigenvalue weighted by Crippen LogP contribution is 2.24. The number of hydrogen-bond acceptors (Lipinski definition) is 4. The molecule has 1 heterocycles. The lowest BCUT2D eigenvalue weighted by Gasteiger charge is -2.37. The fraction of sp³-hybridized carbons (Fsp3) is 0.478. The maximum atomic E-state index is 5.76. The van der Waals surface area contributed by atoms with Gasteiger partial charge >= 0.3 is 0 Å². The summed E-state index contributed by atoms with van der Waals surface area (Å²) in [4.78, 5) is 5.14. The van der Waals surface area contributed by atoms with Crippen molar-refractivity contribution < 1.29 is 4.74 Å². The van der Waals surface area contributed by atoms with E-state index in [-0.39, 0.29) is 0 Å². The van der Waals surface area contributed by atoms with E-state index in [1.165, 1.54) is 36.2 Å². The molecule has 0 bridgehead atoms. The molecule has 0 spiro atoms. The van der Waals surface area contributed by atoms with Gasteiger partial charge in [0.15, 0.2) is 0 Å². The fourth-order valence-corrected chi connectivity index (χ4v) is 3.66. The smallest absolute Gasteiger partial charge is 0.119 e. The highest BCUT2D eigenvalue weighted by atomic mass is 16.5. The maximum absolute atomic E-state index is 5.76. The molecule has 3 rings (SSSR count). The molecule has 0 atom stereocenters. The molecule has 2 aromatic rings. The van der Waals surface area contributed by atoms with Gasteiger partial charge in [0.1, 0.15) is 5.75 Å². The summed E-state index contributed by atoms with van der Waals surface area (Å²) in [5.74, 6) is 0.909.